The summed E-state index contributed by atoms with van der Waals surface area (Å²) in [5.41, 5.74) is 7.15. The van der Waals surface area contributed by atoms with Crippen LogP contribution < -0.4 is 5.73 Å². The molecule has 1 aromatic carbocycles. The molecule has 1 saturated heterocycles. The maximum atomic E-state index is 14.2. The highest BCUT2D eigenvalue weighted by molar-refractivity contribution is 5.24. The standard InChI is InChI=1S/C16H25FN2/c1-4-14(18)15(12-8-5-6-9-13(12)17)19-11-7-10-16(19,2)3/h5-6,8-9,14-15H,4,7,10-11,18H2,1-3H3. The van der Waals surface area contributed by atoms with Gasteiger partial charge in [-0.05, 0) is 45.7 Å². The highest BCUT2D eigenvalue weighted by atomic mass is 19.1. The number of nitrogens with zero attached hydrogens (tertiary/aromatic N) is 1. The fourth-order valence-electron chi connectivity index (χ4n) is 3.21. The molecule has 1 heterocycles. The fraction of sp³-hybridized carbons (Fsp3) is 0.625. The van der Waals surface area contributed by atoms with Gasteiger partial charge < -0.3 is 5.73 Å². The topological polar surface area (TPSA) is 29.3 Å². The van der Waals surface area contributed by atoms with Crippen molar-refractivity contribution in [3.8, 4) is 0 Å². The van der Waals surface area contributed by atoms with Crippen molar-refractivity contribution < 1.29 is 4.39 Å². The molecule has 0 amide bonds. The number of nitrogens with two attached hydrogens (primary N) is 1. The third-order valence-corrected chi connectivity index (χ3v) is 4.40. The summed E-state index contributed by atoms with van der Waals surface area (Å²) in [7, 11) is 0. The monoisotopic (exact) mass is 264 g/mol. The summed E-state index contributed by atoms with van der Waals surface area (Å²) in [6.45, 7) is 7.54. The van der Waals surface area contributed by atoms with Gasteiger partial charge in [-0.15, -0.1) is 0 Å². The van der Waals surface area contributed by atoms with E-state index < -0.39 is 0 Å². The number of halogens is 1. The molecule has 1 aliphatic heterocycles. The molecule has 0 radical (unpaired) electrons. The van der Waals surface area contributed by atoms with Crippen molar-refractivity contribution in [3.63, 3.8) is 0 Å². The molecule has 106 valence electrons. The summed E-state index contributed by atoms with van der Waals surface area (Å²) in [5, 5.41) is 0. The fourth-order valence-corrected chi connectivity index (χ4v) is 3.21. The molecular weight excluding hydrogens is 239 g/mol. The summed E-state index contributed by atoms with van der Waals surface area (Å²) < 4.78 is 14.2. The Kier molecular flexibility index (Phi) is 4.26. The molecule has 0 spiro atoms. The second-order valence-electron chi connectivity index (χ2n) is 6.15. The van der Waals surface area contributed by atoms with Crippen LogP contribution >= 0.6 is 0 Å². The van der Waals surface area contributed by atoms with Crippen LogP contribution in [-0.2, 0) is 0 Å². The highest BCUT2D eigenvalue weighted by Crippen LogP contribution is 2.38. The van der Waals surface area contributed by atoms with Gasteiger partial charge in [-0.1, -0.05) is 25.1 Å². The SMILES string of the molecule is CCC(N)C(c1ccccc1F)N1CCCC1(C)C. The van der Waals surface area contributed by atoms with Gasteiger partial charge in [0.1, 0.15) is 5.82 Å². The minimum atomic E-state index is -0.140. The van der Waals surface area contributed by atoms with E-state index in [-0.39, 0.29) is 23.4 Å². The second kappa shape index (κ2) is 5.59. The van der Waals surface area contributed by atoms with Gasteiger partial charge in [-0.2, -0.15) is 0 Å². The number of rotatable bonds is 4. The van der Waals surface area contributed by atoms with Crippen LogP contribution in [0.25, 0.3) is 0 Å². The van der Waals surface area contributed by atoms with Crippen LogP contribution in [0.5, 0.6) is 0 Å². The first kappa shape index (κ1) is 14.5. The third-order valence-electron chi connectivity index (χ3n) is 4.40. The second-order valence-corrected chi connectivity index (χ2v) is 6.15. The lowest BCUT2D eigenvalue weighted by molar-refractivity contribution is 0.0942. The van der Waals surface area contributed by atoms with Crippen molar-refractivity contribution in [2.45, 2.75) is 57.7 Å². The molecule has 2 N–H and O–H groups in total. The number of hydrogen-bond acceptors (Lipinski definition) is 2. The molecule has 0 bridgehead atoms. The van der Waals surface area contributed by atoms with E-state index in [0.717, 1.165) is 31.4 Å². The van der Waals surface area contributed by atoms with Crippen LogP contribution in [0.15, 0.2) is 24.3 Å². The van der Waals surface area contributed by atoms with Gasteiger partial charge in [0.15, 0.2) is 0 Å². The average Bonchev–Trinajstić information content (AvgIpc) is 2.72. The van der Waals surface area contributed by atoms with Crippen LogP contribution in [0.2, 0.25) is 0 Å². The maximum absolute atomic E-state index is 14.2. The Bertz CT molecular complexity index is 431. The Morgan fingerprint density at radius 3 is 2.58 bits per heavy atom. The Morgan fingerprint density at radius 1 is 1.37 bits per heavy atom. The van der Waals surface area contributed by atoms with E-state index in [2.05, 4.69) is 25.7 Å². The van der Waals surface area contributed by atoms with Gasteiger partial charge in [0.05, 0.1) is 6.04 Å². The van der Waals surface area contributed by atoms with Crippen LogP contribution in [0.3, 0.4) is 0 Å². The molecule has 0 aliphatic carbocycles. The Balaban J connectivity index is 2.40. The molecule has 2 unspecified atom stereocenters. The highest BCUT2D eigenvalue weighted by Gasteiger charge is 2.40. The third kappa shape index (κ3) is 2.82. The molecule has 3 heteroatoms. The van der Waals surface area contributed by atoms with E-state index in [1.165, 1.54) is 6.07 Å². The maximum Gasteiger partial charge on any atom is 0.128 e. The number of hydrogen-bond donors (Lipinski definition) is 1. The van der Waals surface area contributed by atoms with E-state index in [9.17, 15) is 4.39 Å². The predicted molar refractivity (Wildman–Crippen MR) is 77.4 cm³/mol. The van der Waals surface area contributed by atoms with Crippen molar-refractivity contribution in [1.82, 2.24) is 4.90 Å². The summed E-state index contributed by atoms with van der Waals surface area (Å²) in [5.74, 6) is -0.140. The van der Waals surface area contributed by atoms with Crippen LogP contribution in [0.4, 0.5) is 4.39 Å². The molecule has 1 aliphatic rings. The molecule has 1 aromatic rings. The first-order valence-corrected chi connectivity index (χ1v) is 7.24. The predicted octanol–water partition coefficient (Wildman–Crippen LogP) is 3.48. The quantitative estimate of drug-likeness (QED) is 0.902. The minimum Gasteiger partial charge on any atom is -0.326 e. The summed E-state index contributed by atoms with van der Waals surface area (Å²) in [4.78, 5) is 2.39. The van der Waals surface area contributed by atoms with E-state index in [0.29, 0.717) is 0 Å². The van der Waals surface area contributed by atoms with Crippen LogP contribution in [0.1, 0.15) is 51.6 Å². The largest absolute Gasteiger partial charge is 0.326 e. The van der Waals surface area contributed by atoms with E-state index in [1.807, 2.05) is 12.1 Å². The summed E-state index contributed by atoms with van der Waals surface area (Å²) in [6.07, 6.45) is 3.16. The molecule has 2 nitrogen and oxygen atoms in total. The normalized spacial score (nSPS) is 22.4. The average molecular weight is 264 g/mol. The minimum absolute atomic E-state index is 0.0244. The Hall–Kier alpha value is -0.930. The van der Waals surface area contributed by atoms with Crippen molar-refractivity contribution >= 4 is 0 Å². The van der Waals surface area contributed by atoms with Gasteiger partial charge in [-0.25, -0.2) is 4.39 Å². The van der Waals surface area contributed by atoms with Gasteiger partial charge in [0.25, 0.3) is 0 Å². The van der Waals surface area contributed by atoms with Gasteiger partial charge in [0, 0.05) is 17.1 Å². The van der Waals surface area contributed by atoms with Crippen molar-refractivity contribution in [1.29, 1.82) is 0 Å². The van der Waals surface area contributed by atoms with Gasteiger partial charge >= 0.3 is 0 Å². The number of benzene rings is 1. The Labute approximate surface area is 115 Å². The zero-order valence-electron chi connectivity index (χ0n) is 12.2. The lowest BCUT2D eigenvalue weighted by Gasteiger charge is -2.41. The van der Waals surface area contributed by atoms with E-state index in [1.54, 1.807) is 6.07 Å². The van der Waals surface area contributed by atoms with Crippen molar-refractivity contribution in [3.05, 3.63) is 35.6 Å². The Morgan fingerprint density at radius 2 is 2.05 bits per heavy atom. The first-order valence-electron chi connectivity index (χ1n) is 7.24. The lowest BCUT2D eigenvalue weighted by Crippen LogP contribution is -2.48. The first-order chi connectivity index (χ1) is 8.97. The molecule has 1 fully saturated rings. The smallest absolute Gasteiger partial charge is 0.128 e. The van der Waals surface area contributed by atoms with Crippen molar-refractivity contribution in [2.75, 3.05) is 6.54 Å². The zero-order chi connectivity index (χ0) is 14.0. The molecule has 2 atom stereocenters. The van der Waals surface area contributed by atoms with Gasteiger partial charge in [0.2, 0.25) is 0 Å². The summed E-state index contributed by atoms with van der Waals surface area (Å²) in [6, 6.07) is 7.00. The zero-order valence-corrected chi connectivity index (χ0v) is 12.2. The van der Waals surface area contributed by atoms with Crippen LogP contribution in [-0.4, -0.2) is 23.0 Å². The van der Waals surface area contributed by atoms with Gasteiger partial charge in [-0.3, -0.25) is 4.90 Å². The summed E-state index contributed by atoms with van der Waals surface area (Å²) >= 11 is 0. The lowest BCUT2D eigenvalue weighted by atomic mass is 9.92. The number of likely N-dealkylation sites (tertiary alicyclic amines) is 1. The van der Waals surface area contributed by atoms with Crippen molar-refractivity contribution in [2.24, 2.45) is 5.73 Å². The molecule has 19 heavy (non-hydrogen) atoms. The molecule has 2 rings (SSSR count). The molecule has 0 aromatic heterocycles. The van der Waals surface area contributed by atoms with E-state index in [4.69, 9.17) is 5.73 Å². The molecule has 0 saturated carbocycles. The van der Waals surface area contributed by atoms with Crippen LogP contribution in [0, 0.1) is 5.82 Å². The van der Waals surface area contributed by atoms with E-state index >= 15 is 0 Å². The molecular formula is C16H25FN2.